The van der Waals surface area contributed by atoms with Gasteiger partial charge in [-0.3, -0.25) is 14.6 Å². The molecule has 0 atom stereocenters. The molecule has 0 unspecified atom stereocenters. The lowest BCUT2D eigenvalue weighted by molar-refractivity contribution is -0.129. The van der Waals surface area contributed by atoms with Gasteiger partial charge in [0.05, 0.1) is 13.1 Å². The van der Waals surface area contributed by atoms with Crippen molar-refractivity contribution in [3.63, 3.8) is 0 Å². The van der Waals surface area contributed by atoms with Gasteiger partial charge in [0, 0.05) is 25.9 Å². The standard InChI is InChI=1S/C15H16N4O3/c1-10(20)19-8-12-13(9-19)22-15(18-12)14(21)17-6-4-11-3-2-5-16-7-11/h2-3,5,7H,4,6,8-9H2,1H3,(H,17,21). The average molecular weight is 300 g/mol. The molecule has 2 aromatic heterocycles. The summed E-state index contributed by atoms with van der Waals surface area (Å²) in [6.07, 6.45) is 4.17. The SMILES string of the molecule is CC(=O)N1Cc2nc(C(=O)NCCc3cccnc3)oc2C1. The zero-order valence-electron chi connectivity index (χ0n) is 12.2. The molecular weight excluding hydrogens is 284 g/mol. The van der Waals surface area contributed by atoms with Gasteiger partial charge in [0.25, 0.3) is 5.89 Å². The minimum Gasteiger partial charge on any atom is -0.435 e. The normalized spacial score (nSPS) is 13.0. The maximum Gasteiger partial charge on any atom is 0.307 e. The molecule has 0 saturated heterocycles. The van der Waals surface area contributed by atoms with Crippen LogP contribution in [0.5, 0.6) is 0 Å². The van der Waals surface area contributed by atoms with Crippen LogP contribution in [0.1, 0.15) is 34.6 Å². The number of aromatic nitrogens is 2. The van der Waals surface area contributed by atoms with E-state index in [9.17, 15) is 9.59 Å². The molecule has 7 heteroatoms. The van der Waals surface area contributed by atoms with Crippen LogP contribution in [0, 0.1) is 0 Å². The van der Waals surface area contributed by atoms with Crippen molar-refractivity contribution in [1.82, 2.24) is 20.2 Å². The van der Waals surface area contributed by atoms with E-state index in [1.54, 1.807) is 17.3 Å². The van der Waals surface area contributed by atoms with Gasteiger partial charge in [0.1, 0.15) is 11.5 Å². The van der Waals surface area contributed by atoms with E-state index < -0.39 is 0 Å². The molecule has 7 nitrogen and oxygen atoms in total. The third-order valence-corrected chi connectivity index (χ3v) is 3.51. The van der Waals surface area contributed by atoms with Gasteiger partial charge in [-0.25, -0.2) is 4.98 Å². The topological polar surface area (TPSA) is 88.3 Å². The number of hydrogen-bond acceptors (Lipinski definition) is 5. The molecule has 3 rings (SSSR count). The Labute approximate surface area is 127 Å². The largest absolute Gasteiger partial charge is 0.435 e. The highest BCUT2D eigenvalue weighted by molar-refractivity contribution is 5.89. The van der Waals surface area contributed by atoms with Crippen LogP contribution in [0.3, 0.4) is 0 Å². The van der Waals surface area contributed by atoms with E-state index in [1.165, 1.54) is 6.92 Å². The highest BCUT2D eigenvalue weighted by Crippen LogP contribution is 2.23. The summed E-state index contributed by atoms with van der Waals surface area (Å²) in [5.41, 5.74) is 1.71. The number of amides is 2. The summed E-state index contributed by atoms with van der Waals surface area (Å²) in [4.78, 5) is 33.1. The molecule has 114 valence electrons. The molecule has 0 bridgehead atoms. The van der Waals surface area contributed by atoms with Crippen LogP contribution in [-0.4, -0.2) is 33.2 Å². The van der Waals surface area contributed by atoms with Gasteiger partial charge in [0.2, 0.25) is 5.91 Å². The van der Waals surface area contributed by atoms with Gasteiger partial charge >= 0.3 is 5.91 Å². The van der Waals surface area contributed by atoms with Crippen molar-refractivity contribution in [2.24, 2.45) is 0 Å². The summed E-state index contributed by atoms with van der Waals surface area (Å²) in [6.45, 7) is 2.76. The van der Waals surface area contributed by atoms with Crippen LogP contribution in [0.15, 0.2) is 28.9 Å². The third kappa shape index (κ3) is 2.98. The molecule has 1 aliphatic heterocycles. The molecule has 0 radical (unpaired) electrons. The van der Waals surface area contributed by atoms with Crippen molar-refractivity contribution >= 4 is 11.8 Å². The van der Waals surface area contributed by atoms with Gasteiger partial charge in [-0.1, -0.05) is 6.07 Å². The molecule has 0 saturated carbocycles. The number of rotatable bonds is 4. The van der Waals surface area contributed by atoms with Crippen molar-refractivity contribution in [3.05, 3.63) is 47.4 Å². The fourth-order valence-corrected chi connectivity index (χ4v) is 2.30. The highest BCUT2D eigenvalue weighted by atomic mass is 16.4. The molecule has 3 heterocycles. The first kappa shape index (κ1) is 14.2. The Morgan fingerprint density at radius 2 is 2.27 bits per heavy atom. The number of hydrogen-bond donors (Lipinski definition) is 1. The second-order valence-electron chi connectivity index (χ2n) is 5.13. The van der Waals surface area contributed by atoms with Crippen LogP contribution < -0.4 is 5.32 Å². The van der Waals surface area contributed by atoms with E-state index in [0.717, 1.165) is 5.56 Å². The molecule has 2 amide bonds. The number of carbonyl (C=O) groups is 2. The second kappa shape index (κ2) is 5.97. The van der Waals surface area contributed by atoms with Crippen molar-refractivity contribution < 1.29 is 14.0 Å². The Bertz CT molecular complexity index is 673. The Balaban J connectivity index is 1.54. The first-order chi connectivity index (χ1) is 10.6. The van der Waals surface area contributed by atoms with Gasteiger partial charge < -0.3 is 14.6 Å². The van der Waals surface area contributed by atoms with E-state index in [2.05, 4.69) is 15.3 Å². The fraction of sp³-hybridized carbons (Fsp3) is 0.333. The predicted octanol–water partition coefficient (Wildman–Crippen LogP) is 0.904. The zero-order valence-corrected chi connectivity index (χ0v) is 12.2. The van der Waals surface area contributed by atoms with Gasteiger partial charge in [0.15, 0.2) is 0 Å². The average Bonchev–Trinajstić information content (AvgIpc) is 3.06. The zero-order chi connectivity index (χ0) is 15.5. The fourth-order valence-electron chi connectivity index (χ4n) is 2.30. The van der Waals surface area contributed by atoms with E-state index in [4.69, 9.17) is 4.42 Å². The predicted molar refractivity (Wildman–Crippen MR) is 76.7 cm³/mol. The summed E-state index contributed by atoms with van der Waals surface area (Å²) < 4.78 is 5.44. The summed E-state index contributed by atoms with van der Waals surface area (Å²) in [5, 5.41) is 2.77. The lowest BCUT2D eigenvalue weighted by Gasteiger charge is -2.10. The monoisotopic (exact) mass is 300 g/mol. The van der Waals surface area contributed by atoms with Crippen LogP contribution in [0.4, 0.5) is 0 Å². The molecule has 0 fully saturated rings. The molecule has 0 aliphatic carbocycles. The maximum atomic E-state index is 12.0. The number of fused-ring (bicyclic) bond motifs is 1. The van der Waals surface area contributed by atoms with E-state index >= 15 is 0 Å². The molecule has 22 heavy (non-hydrogen) atoms. The molecule has 0 aromatic carbocycles. The number of carbonyl (C=O) groups excluding carboxylic acids is 2. The Hall–Kier alpha value is -2.70. The lowest BCUT2D eigenvalue weighted by atomic mass is 10.2. The van der Waals surface area contributed by atoms with Crippen molar-refractivity contribution in [1.29, 1.82) is 0 Å². The molecule has 1 aliphatic rings. The van der Waals surface area contributed by atoms with Gasteiger partial charge in [-0.15, -0.1) is 0 Å². The maximum absolute atomic E-state index is 12.0. The highest BCUT2D eigenvalue weighted by Gasteiger charge is 2.28. The quantitative estimate of drug-likeness (QED) is 0.906. The Kier molecular flexibility index (Phi) is 3.86. The van der Waals surface area contributed by atoms with Crippen LogP contribution in [0.25, 0.3) is 0 Å². The van der Waals surface area contributed by atoms with Gasteiger partial charge in [-0.2, -0.15) is 0 Å². The van der Waals surface area contributed by atoms with E-state index in [0.29, 0.717) is 37.5 Å². The smallest absolute Gasteiger partial charge is 0.307 e. The second-order valence-corrected chi connectivity index (χ2v) is 5.13. The first-order valence-electron chi connectivity index (χ1n) is 7.04. The van der Waals surface area contributed by atoms with Crippen LogP contribution in [0.2, 0.25) is 0 Å². The third-order valence-electron chi connectivity index (χ3n) is 3.51. The van der Waals surface area contributed by atoms with Crippen LogP contribution >= 0.6 is 0 Å². The molecule has 1 N–H and O–H groups in total. The molecule has 2 aromatic rings. The first-order valence-corrected chi connectivity index (χ1v) is 7.04. The van der Waals surface area contributed by atoms with E-state index in [1.807, 2.05) is 12.1 Å². The van der Waals surface area contributed by atoms with Crippen LogP contribution in [-0.2, 0) is 24.3 Å². The molecule has 0 spiro atoms. The lowest BCUT2D eigenvalue weighted by Crippen LogP contribution is -2.26. The minimum absolute atomic E-state index is 0.0318. The minimum atomic E-state index is -0.340. The molecular formula is C15H16N4O3. The Morgan fingerprint density at radius 1 is 1.41 bits per heavy atom. The van der Waals surface area contributed by atoms with Gasteiger partial charge in [-0.05, 0) is 18.1 Å². The number of oxazole rings is 1. The summed E-state index contributed by atoms with van der Waals surface area (Å²) in [5.74, 6) is 0.273. The van der Waals surface area contributed by atoms with E-state index in [-0.39, 0.29) is 17.7 Å². The number of nitrogens with one attached hydrogen (secondary N) is 1. The van der Waals surface area contributed by atoms with Crippen molar-refractivity contribution in [3.8, 4) is 0 Å². The summed E-state index contributed by atoms with van der Waals surface area (Å²) >= 11 is 0. The number of pyridine rings is 1. The number of nitrogens with zero attached hydrogens (tertiary/aromatic N) is 3. The summed E-state index contributed by atoms with van der Waals surface area (Å²) in [6, 6.07) is 3.81. The van der Waals surface area contributed by atoms with Crippen molar-refractivity contribution in [2.75, 3.05) is 6.54 Å². The summed E-state index contributed by atoms with van der Waals surface area (Å²) in [7, 11) is 0. The van der Waals surface area contributed by atoms with Crippen molar-refractivity contribution in [2.45, 2.75) is 26.4 Å². The Morgan fingerprint density at radius 3 is 2.95 bits per heavy atom.